The van der Waals surface area contributed by atoms with Crippen molar-refractivity contribution < 1.29 is 14.3 Å². The van der Waals surface area contributed by atoms with Crippen molar-refractivity contribution in [1.82, 2.24) is 9.80 Å². The van der Waals surface area contributed by atoms with Crippen LogP contribution in [0.1, 0.15) is 0 Å². The van der Waals surface area contributed by atoms with Gasteiger partial charge in [-0.1, -0.05) is 30.3 Å². The van der Waals surface area contributed by atoms with Crippen molar-refractivity contribution in [3.05, 3.63) is 78.9 Å². The molecule has 8 heteroatoms. The Balaban J connectivity index is 1.10. The van der Waals surface area contributed by atoms with Gasteiger partial charge in [-0.25, -0.2) is 0 Å². The number of rotatable bonds is 4. The van der Waals surface area contributed by atoms with Gasteiger partial charge in [-0.05, 0) is 60.7 Å². The summed E-state index contributed by atoms with van der Waals surface area (Å²) >= 11 is 5.62. The first-order chi connectivity index (χ1) is 16.7. The van der Waals surface area contributed by atoms with Gasteiger partial charge in [-0.2, -0.15) is 0 Å². The highest BCUT2D eigenvalue weighted by Gasteiger charge is 2.33. The van der Waals surface area contributed by atoms with E-state index in [9.17, 15) is 4.79 Å². The van der Waals surface area contributed by atoms with Gasteiger partial charge < -0.3 is 29.9 Å². The minimum absolute atomic E-state index is 0.0467. The van der Waals surface area contributed by atoms with E-state index >= 15 is 0 Å². The highest BCUT2D eigenvalue weighted by molar-refractivity contribution is 7.80. The molecule has 0 spiro atoms. The molecule has 1 unspecified atom stereocenters. The quantitative estimate of drug-likeness (QED) is 0.552. The van der Waals surface area contributed by atoms with Crippen molar-refractivity contribution in [3.63, 3.8) is 0 Å². The zero-order chi connectivity index (χ0) is 23.3. The predicted molar refractivity (Wildman–Crippen MR) is 137 cm³/mol. The van der Waals surface area contributed by atoms with Crippen molar-refractivity contribution in [2.24, 2.45) is 0 Å². The van der Waals surface area contributed by atoms with Gasteiger partial charge in [0.2, 0.25) is 6.10 Å². The number of piperazine rings is 1. The van der Waals surface area contributed by atoms with Gasteiger partial charge in [-0.3, -0.25) is 4.79 Å². The molecule has 34 heavy (non-hydrogen) atoms. The Morgan fingerprint density at radius 3 is 2.09 bits per heavy atom. The van der Waals surface area contributed by atoms with Crippen molar-refractivity contribution >= 4 is 40.3 Å². The lowest BCUT2D eigenvalue weighted by molar-refractivity contribution is -0.142. The molecule has 174 valence electrons. The molecule has 2 N–H and O–H groups in total. The van der Waals surface area contributed by atoms with Crippen molar-refractivity contribution in [1.29, 1.82) is 0 Å². The Kier molecular flexibility index (Phi) is 6.49. The topological polar surface area (TPSA) is 66.1 Å². The van der Waals surface area contributed by atoms with Gasteiger partial charge in [0.25, 0.3) is 5.91 Å². The molecule has 5 rings (SSSR count). The van der Waals surface area contributed by atoms with Crippen LogP contribution in [0, 0.1) is 0 Å². The Hall–Kier alpha value is -3.78. The molecule has 2 heterocycles. The maximum Gasteiger partial charge on any atom is 0.267 e. The smallest absolute Gasteiger partial charge is 0.267 e. The number of hydrogen-bond acceptors (Lipinski definition) is 5. The zero-order valence-corrected chi connectivity index (χ0v) is 19.5. The summed E-state index contributed by atoms with van der Waals surface area (Å²) in [5, 5.41) is 7.33. The normalized spacial score (nSPS) is 17.1. The van der Waals surface area contributed by atoms with Crippen LogP contribution >= 0.6 is 12.2 Å². The van der Waals surface area contributed by atoms with E-state index in [-0.39, 0.29) is 12.5 Å². The molecule has 3 aromatic rings. The summed E-state index contributed by atoms with van der Waals surface area (Å²) < 4.78 is 11.6. The van der Waals surface area contributed by atoms with Crippen LogP contribution < -0.4 is 20.1 Å². The number of benzene rings is 3. The fourth-order valence-corrected chi connectivity index (χ4v) is 4.30. The monoisotopic (exact) mass is 474 g/mol. The van der Waals surface area contributed by atoms with E-state index in [2.05, 4.69) is 15.5 Å². The molecule has 3 aromatic carbocycles. The Morgan fingerprint density at radius 2 is 1.35 bits per heavy atom. The molecule has 1 fully saturated rings. The maximum absolute atomic E-state index is 12.9. The van der Waals surface area contributed by atoms with Crippen molar-refractivity contribution in [2.75, 3.05) is 43.4 Å². The SMILES string of the molecule is O=C(C1COc2ccccc2O1)N1CCN(C(=S)Nc2ccc(Nc3ccccc3)cc2)CC1. The number of carbonyl (C=O) groups is 1. The molecule has 1 atom stereocenters. The highest BCUT2D eigenvalue weighted by Crippen LogP contribution is 2.31. The largest absolute Gasteiger partial charge is 0.485 e. The van der Waals surface area contributed by atoms with Crippen LogP contribution in [-0.4, -0.2) is 59.7 Å². The van der Waals surface area contributed by atoms with Crippen LogP contribution in [-0.2, 0) is 4.79 Å². The number of carbonyl (C=O) groups excluding carboxylic acids is 1. The second kappa shape index (κ2) is 10.0. The van der Waals surface area contributed by atoms with E-state index in [0.717, 1.165) is 17.1 Å². The number of nitrogens with one attached hydrogen (secondary N) is 2. The third-order valence-corrected chi connectivity index (χ3v) is 6.22. The first kappa shape index (κ1) is 22.0. The van der Waals surface area contributed by atoms with Gasteiger partial charge in [-0.15, -0.1) is 0 Å². The molecule has 0 aliphatic carbocycles. The number of fused-ring (bicyclic) bond motifs is 1. The lowest BCUT2D eigenvalue weighted by atomic mass is 10.2. The fraction of sp³-hybridized carbons (Fsp3) is 0.231. The Bertz CT molecular complexity index is 1150. The average Bonchev–Trinajstić information content (AvgIpc) is 2.90. The third-order valence-electron chi connectivity index (χ3n) is 5.86. The third kappa shape index (κ3) is 5.07. The van der Waals surface area contributed by atoms with E-state index in [4.69, 9.17) is 21.7 Å². The number of para-hydroxylation sites is 3. The summed E-state index contributed by atoms with van der Waals surface area (Å²) in [5.74, 6) is 1.24. The average molecular weight is 475 g/mol. The summed E-state index contributed by atoms with van der Waals surface area (Å²) in [6.07, 6.45) is -0.616. The summed E-state index contributed by atoms with van der Waals surface area (Å²) in [4.78, 5) is 16.9. The standard InChI is InChI=1S/C26H26N4O3S/c31-25(24-18-32-22-8-4-5-9-23(22)33-24)29-14-16-30(17-15-29)26(34)28-21-12-10-20(11-13-21)27-19-6-2-1-3-7-19/h1-13,24,27H,14-18H2,(H,28,34). The molecule has 0 aromatic heterocycles. The van der Waals surface area contributed by atoms with Crippen LogP contribution in [0.4, 0.5) is 17.1 Å². The van der Waals surface area contributed by atoms with E-state index in [0.29, 0.717) is 42.8 Å². The molecule has 1 amide bonds. The minimum atomic E-state index is -0.616. The predicted octanol–water partition coefficient (Wildman–Crippen LogP) is 4.11. The van der Waals surface area contributed by atoms with Gasteiger partial charge >= 0.3 is 0 Å². The van der Waals surface area contributed by atoms with Crippen LogP contribution in [0.15, 0.2) is 78.9 Å². The van der Waals surface area contributed by atoms with Crippen molar-refractivity contribution in [3.8, 4) is 11.5 Å². The van der Waals surface area contributed by atoms with Gasteiger partial charge in [0.05, 0.1) is 0 Å². The summed E-state index contributed by atoms with van der Waals surface area (Å²) in [6, 6.07) is 25.5. The molecule has 0 radical (unpaired) electrons. The first-order valence-electron chi connectivity index (χ1n) is 11.3. The fourth-order valence-electron chi connectivity index (χ4n) is 4.00. The number of thiocarbonyl (C=S) groups is 1. The number of amides is 1. The van der Waals surface area contributed by atoms with Gasteiger partial charge in [0, 0.05) is 43.2 Å². The lowest BCUT2D eigenvalue weighted by Gasteiger charge is -2.38. The molecular weight excluding hydrogens is 448 g/mol. The molecule has 1 saturated heterocycles. The second-order valence-corrected chi connectivity index (χ2v) is 8.56. The molecule has 0 bridgehead atoms. The zero-order valence-electron chi connectivity index (χ0n) is 18.6. The van der Waals surface area contributed by atoms with E-state index < -0.39 is 6.10 Å². The number of hydrogen-bond donors (Lipinski definition) is 2. The molecule has 2 aliphatic heterocycles. The second-order valence-electron chi connectivity index (χ2n) is 8.18. The van der Waals surface area contributed by atoms with E-state index in [1.807, 2.05) is 83.8 Å². The number of nitrogens with zero attached hydrogens (tertiary/aromatic N) is 2. The Labute approximate surface area is 204 Å². The molecule has 2 aliphatic rings. The lowest BCUT2D eigenvalue weighted by Crippen LogP contribution is -2.55. The summed E-state index contributed by atoms with van der Waals surface area (Å²) in [5.41, 5.74) is 2.97. The minimum Gasteiger partial charge on any atom is -0.485 e. The Morgan fingerprint density at radius 1 is 0.765 bits per heavy atom. The van der Waals surface area contributed by atoms with Crippen LogP contribution in [0.3, 0.4) is 0 Å². The molecule has 0 saturated carbocycles. The van der Waals surface area contributed by atoms with Crippen LogP contribution in [0.2, 0.25) is 0 Å². The summed E-state index contributed by atoms with van der Waals surface area (Å²) in [7, 11) is 0. The van der Waals surface area contributed by atoms with E-state index in [1.54, 1.807) is 0 Å². The van der Waals surface area contributed by atoms with Crippen LogP contribution in [0.25, 0.3) is 0 Å². The van der Waals surface area contributed by atoms with Crippen molar-refractivity contribution in [2.45, 2.75) is 6.10 Å². The first-order valence-corrected chi connectivity index (χ1v) is 11.7. The van der Waals surface area contributed by atoms with E-state index in [1.165, 1.54) is 0 Å². The summed E-state index contributed by atoms with van der Waals surface area (Å²) in [6.45, 7) is 2.72. The van der Waals surface area contributed by atoms with Gasteiger partial charge in [0.15, 0.2) is 16.6 Å². The number of ether oxygens (including phenoxy) is 2. The maximum atomic E-state index is 12.9. The van der Waals surface area contributed by atoms with Gasteiger partial charge in [0.1, 0.15) is 6.61 Å². The molecule has 7 nitrogen and oxygen atoms in total. The number of anilines is 3. The van der Waals surface area contributed by atoms with Crippen LogP contribution in [0.5, 0.6) is 11.5 Å². The molecular formula is C26H26N4O3S. The highest BCUT2D eigenvalue weighted by atomic mass is 32.1.